The number of aromatic carboxylic acids is 1. The zero-order valence-corrected chi connectivity index (χ0v) is 9.43. The minimum absolute atomic E-state index is 0.0589. The molecule has 0 atom stereocenters. The molecule has 17 heavy (non-hydrogen) atoms. The molecule has 4 heteroatoms. The molecular formula is C13H13NO3. The van der Waals surface area contributed by atoms with Crippen molar-refractivity contribution in [3.05, 3.63) is 53.3 Å². The topological polar surface area (TPSA) is 62.5 Å². The highest BCUT2D eigenvalue weighted by Crippen LogP contribution is 2.14. The van der Waals surface area contributed by atoms with E-state index < -0.39 is 5.97 Å². The van der Waals surface area contributed by atoms with E-state index in [0.717, 1.165) is 5.56 Å². The van der Waals surface area contributed by atoms with Crippen molar-refractivity contribution in [2.75, 3.05) is 5.32 Å². The van der Waals surface area contributed by atoms with Crippen LogP contribution in [0.4, 0.5) is 5.88 Å². The van der Waals surface area contributed by atoms with Gasteiger partial charge in [-0.1, -0.05) is 29.8 Å². The number of furan rings is 1. The number of nitrogens with one attached hydrogen (secondary N) is 1. The first-order valence-corrected chi connectivity index (χ1v) is 5.28. The summed E-state index contributed by atoms with van der Waals surface area (Å²) in [6.45, 7) is 2.63. The second kappa shape index (κ2) is 4.74. The van der Waals surface area contributed by atoms with E-state index >= 15 is 0 Å². The number of aryl methyl sites for hydroxylation is 1. The summed E-state index contributed by atoms with van der Waals surface area (Å²) >= 11 is 0. The van der Waals surface area contributed by atoms with Crippen LogP contribution in [0.3, 0.4) is 0 Å². The van der Waals surface area contributed by atoms with E-state index in [-0.39, 0.29) is 5.76 Å². The van der Waals surface area contributed by atoms with Gasteiger partial charge >= 0.3 is 5.97 Å². The second-order valence-corrected chi connectivity index (χ2v) is 3.81. The number of benzene rings is 1. The van der Waals surface area contributed by atoms with E-state index in [1.54, 1.807) is 6.07 Å². The summed E-state index contributed by atoms with van der Waals surface area (Å²) in [7, 11) is 0. The van der Waals surface area contributed by atoms with Gasteiger partial charge in [-0.3, -0.25) is 0 Å². The summed E-state index contributed by atoms with van der Waals surface area (Å²) in [4.78, 5) is 10.6. The van der Waals surface area contributed by atoms with Crippen LogP contribution in [0, 0.1) is 6.92 Å². The summed E-state index contributed by atoms with van der Waals surface area (Å²) in [6.07, 6.45) is 0. The molecule has 0 amide bonds. The molecule has 0 saturated carbocycles. The van der Waals surface area contributed by atoms with Gasteiger partial charge in [0.05, 0.1) is 0 Å². The third kappa shape index (κ3) is 2.87. The molecule has 88 valence electrons. The van der Waals surface area contributed by atoms with Crippen molar-refractivity contribution in [2.24, 2.45) is 0 Å². The molecule has 0 fully saturated rings. The SMILES string of the molecule is Cc1ccc(CNc2ccc(C(=O)O)o2)cc1. The molecule has 0 radical (unpaired) electrons. The number of hydrogen-bond acceptors (Lipinski definition) is 3. The number of rotatable bonds is 4. The van der Waals surface area contributed by atoms with Gasteiger partial charge in [0.15, 0.2) is 5.88 Å². The summed E-state index contributed by atoms with van der Waals surface area (Å²) in [5, 5.41) is 11.7. The third-order valence-corrected chi connectivity index (χ3v) is 2.40. The van der Waals surface area contributed by atoms with Gasteiger partial charge in [-0.15, -0.1) is 0 Å². The minimum Gasteiger partial charge on any atom is -0.475 e. The number of carbonyl (C=O) groups is 1. The molecule has 0 aliphatic heterocycles. The minimum atomic E-state index is -1.06. The lowest BCUT2D eigenvalue weighted by Gasteiger charge is -2.03. The quantitative estimate of drug-likeness (QED) is 0.849. The van der Waals surface area contributed by atoms with Crippen LogP contribution in [-0.4, -0.2) is 11.1 Å². The predicted molar refractivity (Wildman–Crippen MR) is 64.2 cm³/mol. The fourth-order valence-corrected chi connectivity index (χ4v) is 1.44. The molecule has 1 aromatic carbocycles. The first-order chi connectivity index (χ1) is 8.15. The molecule has 0 spiro atoms. The van der Waals surface area contributed by atoms with Crippen molar-refractivity contribution in [3.8, 4) is 0 Å². The van der Waals surface area contributed by atoms with Crippen LogP contribution in [0.5, 0.6) is 0 Å². The van der Waals surface area contributed by atoms with Gasteiger partial charge in [0, 0.05) is 12.6 Å². The highest BCUT2D eigenvalue weighted by molar-refractivity contribution is 5.84. The Morgan fingerprint density at radius 2 is 1.94 bits per heavy atom. The van der Waals surface area contributed by atoms with Crippen LogP contribution >= 0.6 is 0 Å². The average Bonchev–Trinajstić information content (AvgIpc) is 2.77. The monoisotopic (exact) mass is 231 g/mol. The van der Waals surface area contributed by atoms with Crippen molar-refractivity contribution in [1.29, 1.82) is 0 Å². The Morgan fingerprint density at radius 3 is 2.53 bits per heavy atom. The maximum atomic E-state index is 10.6. The number of anilines is 1. The van der Waals surface area contributed by atoms with Crippen molar-refractivity contribution < 1.29 is 14.3 Å². The summed E-state index contributed by atoms with van der Waals surface area (Å²) in [5.41, 5.74) is 2.32. The molecular weight excluding hydrogens is 218 g/mol. The molecule has 0 bridgehead atoms. The van der Waals surface area contributed by atoms with Crippen molar-refractivity contribution in [1.82, 2.24) is 0 Å². The van der Waals surface area contributed by atoms with Gasteiger partial charge in [-0.05, 0) is 18.6 Å². The molecule has 1 heterocycles. The lowest BCUT2D eigenvalue weighted by atomic mass is 10.1. The zero-order valence-electron chi connectivity index (χ0n) is 9.43. The normalized spacial score (nSPS) is 10.2. The summed E-state index contributed by atoms with van der Waals surface area (Å²) in [5.74, 6) is -0.659. The molecule has 0 aliphatic rings. The van der Waals surface area contributed by atoms with Crippen LogP contribution in [-0.2, 0) is 6.54 Å². The van der Waals surface area contributed by atoms with Crippen LogP contribution in [0.15, 0.2) is 40.8 Å². The van der Waals surface area contributed by atoms with Crippen molar-refractivity contribution in [3.63, 3.8) is 0 Å². The second-order valence-electron chi connectivity index (χ2n) is 3.81. The first kappa shape index (κ1) is 11.3. The summed E-state index contributed by atoms with van der Waals surface area (Å²) in [6, 6.07) is 11.1. The highest BCUT2D eigenvalue weighted by atomic mass is 16.4. The van der Waals surface area contributed by atoms with E-state index in [2.05, 4.69) is 5.32 Å². The first-order valence-electron chi connectivity index (χ1n) is 5.28. The molecule has 0 saturated heterocycles. The molecule has 0 aliphatic carbocycles. The maximum Gasteiger partial charge on any atom is 0.371 e. The predicted octanol–water partition coefficient (Wildman–Crippen LogP) is 2.90. The lowest BCUT2D eigenvalue weighted by Crippen LogP contribution is -1.98. The molecule has 2 rings (SSSR count). The van der Waals surface area contributed by atoms with Gasteiger partial charge in [0.2, 0.25) is 5.76 Å². The molecule has 4 nitrogen and oxygen atoms in total. The fourth-order valence-electron chi connectivity index (χ4n) is 1.44. The van der Waals surface area contributed by atoms with E-state index in [0.29, 0.717) is 12.4 Å². The Balaban J connectivity index is 1.97. The number of hydrogen-bond donors (Lipinski definition) is 2. The van der Waals surface area contributed by atoms with Gasteiger partial charge in [-0.25, -0.2) is 4.79 Å². The molecule has 2 aromatic rings. The highest BCUT2D eigenvalue weighted by Gasteiger charge is 2.08. The van der Waals surface area contributed by atoms with Gasteiger partial charge in [-0.2, -0.15) is 0 Å². The van der Waals surface area contributed by atoms with E-state index in [1.807, 2.05) is 31.2 Å². The summed E-state index contributed by atoms with van der Waals surface area (Å²) < 4.78 is 5.08. The molecule has 2 N–H and O–H groups in total. The average molecular weight is 231 g/mol. The van der Waals surface area contributed by atoms with Crippen molar-refractivity contribution in [2.45, 2.75) is 13.5 Å². The van der Waals surface area contributed by atoms with E-state index in [9.17, 15) is 4.79 Å². The third-order valence-electron chi connectivity index (χ3n) is 2.40. The Hall–Kier alpha value is -2.23. The smallest absolute Gasteiger partial charge is 0.371 e. The fraction of sp³-hybridized carbons (Fsp3) is 0.154. The number of carboxylic acid groups (broad SMARTS) is 1. The maximum absolute atomic E-state index is 10.6. The van der Waals surface area contributed by atoms with E-state index in [4.69, 9.17) is 9.52 Å². The zero-order chi connectivity index (χ0) is 12.3. The molecule has 1 aromatic heterocycles. The van der Waals surface area contributed by atoms with Crippen molar-refractivity contribution >= 4 is 11.9 Å². The van der Waals surface area contributed by atoms with Crippen LogP contribution in [0.2, 0.25) is 0 Å². The van der Waals surface area contributed by atoms with Gasteiger partial charge in [0.1, 0.15) is 0 Å². The van der Waals surface area contributed by atoms with Crippen LogP contribution in [0.1, 0.15) is 21.7 Å². The van der Waals surface area contributed by atoms with Gasteiger partial charge < -0.3 is 14.8 Å². The Kier molecular flexibility index (Phi) is 3.14. The lowest BCUT2D eigenvalue weighted by molar-refractivity contribution is 0.0663. The van der Waals surface area contributed by atoms with Gasteiger partial charge in [0.25, 0.3) is 0 Å². The van der Waals surface area contributed by atoms with E-state index in [1.165, 1.54) is 11.6 Å². The standard InChI is InChI=1S/C13H13NO3/c1-9-2-4-10(5-3-9)8-14-12-7-6-11(17-12)13(15)16/h2-7,14H,8H2,1H3,(H,15,16). The largest absolute Gasteiger partial charge is 0.475 e. The molecule has 0 unspecified atom stereocenters. The van der Waals surface area contributed by atoms with Crippen LogP contribution < -0.4 is 5.32 Å². The van der Waals surface area contributed by atoms with Crippen LogP contribution in [0.25, 0.3) is 0 Å². The Morgan fingerprint density at radius 1 is 1.24 bits per heavy atom. The Bertz CT molecular complexity index is 514. The Labute approximate surface area is 98.9 Å². The number of carboxylic acids is 1.